The zero-order valence-corrected chi connectivity index (χ0v) is 16.7. The van der Waals surface area contributed by atoms with Gasteiger partial charge in [-0.05, 0) is 42.8 Å². The molecule has 0 bridgehead atoms. The Morgan fingerprint density at radius 3 is 2.83 bits per heavy atom. The predicted molar refractivity (Wildman–Crippen MR) is 108 cm³/mol. The molecular formula is C21H23FN4O4. The minimum Gasteiger partial charge on any atom is -0.484 e. The second-order valence-corrected chi connectivity index (χ2v) is 7.17. The topological polar surface area (TPSA) is 78.6 Å². The van der Waals surface area contributed by atoms with Crippen LogP contribution in [0, 0.1) is 5.82 Å². The molecule has 1 saturated heterocycles. The SMILES string of the molecule is COCCn1c(=O)n([C@@H]2CCN(C(=O)COc3ccc(F)cc3)C2)c2ncccc21. The summed E-state index contributed by atoms with van der Waals surface area (Å²) in [5.74, 6) is -0.104. The summed E-state index contributed by atoms with van der Waals surface area (Å²) in [6, 6.07) is 9.03. The molecule has 9 heteroatoms. The Bertz CT molecular complexity index is 1090. The second kappa shape index (κ2) is 8.66. The van der Waals surface area contributed by atoms with Crippen LogP contribution < -0.4 is 10.4 Å². The van der Waals surface area contributed by atoms with E-state index in [1.165, 1.54) is 24.3 Å². The molecule has 0 N–H and O–H groups in total. The highest BCUT2D eigenvalue weighted by Gasteiger charge is 2.31. The lowest BCUT2D eigenvalue weighted by Crippen LogP contribution is -2.35. The number of amides is 1. The predicted octanol–water partition coefficient (Wildman–Crippen LogP) is 1.84. The summed E-state index contributed by atoms with van der Waals surface area (Å²) in [7, 11) is 1.59. The standard InChI is InChI=1S/C21H23FN4O4/c1-29-12-11-25-18-3-2-9-23-20(18)26(21(25)28)16-8-10-24(13-16)19(27)14-30-17-6-4-15(22)5-7-17/h2-7,9,16H,8,10-14H2,1H3/t16-/m1/s1. The van der Waals surface area contributed by atoms with Crippen LogP contribution in [0.4, 0.5) is 4.39 Å². The van der Waals surface area contributed by atoms with Gasteiger partial charge in [0.25, 0.3) is 5.91 Å². The van der Waals surface area contributed by atoms with Crippen molar-refractivity contribution in [3.63, 3.8) is 0 Å². The highest BCUT2D eigenvalue weighted by atomic mass is 19.1. The number of aromatic nitrogens is 3. The average molecular weight is 414 g/mol. The lowest BCUT2D eigenvalue weighted by Gasteiger charge is -2.17. The van der Waals surface area contributed by atoms with Crippen LogP contribution in [-0.2, 0) is 16.1 Å². The van der Waals surface area contributed by atoms with Gasteiger partial charge in [-0.25, -0.2) is 14.2 Å². The van der Waals surface area contributed by atoms with Crippen LogP contribution in [0.15, 0.2) is 47.4 Å². The first kappa shape index (κ1) is 20.1. The van der Waals surface area contributed by atoms with Gasteiger partial charge in [-0.1, -0.05) is 0 Å². The summed E-state index contributed by atoms with van der Waals surface area (Å²) in [6.07, 6.45) is 2.31. The number of imidazole rings is 1. The van der Waals surface area contributed by atoms with E-state index in [0.29, 0.717) is 44.1 Å². The molecule has 3 aromatic rings. The Balaban J connectivity index is 1.48. The maximum atomic E-state index is 13.1. The van der Waals surface area contributed by atoms with Crippen LogP contribution in [0.5, 0.6) is 5.75 Å². The van der Waals surface area contributed by atoms with Gasteiger partial charge in [0.2, 0.25) is 0 Å². The molecule has 0 unspecified atom stereocenters. The van der Waals surface area contributed by atoms with E-state index in [-0.39, 0.29) is 30.1 Å². The first-order valence-corrected chi connectivity index (χ1v) is 9.79. The normalized spacial score (nSPS) is 16.3. The molecule has 1 atom stereocenters. The molecule has 0 radical (unpaired) electrons. The molecule has 1 amide bonds. The molecule has 4 rings (SSSR count). The largest absolute Gasteiger partial charge is 0.484 e. The highest BCUT2D eigenvalue weighted by Crippen LogP contribution is 2.24. The van der Waals surface area contributed by atoms with Gasteiger partial charge in [0.1, 0.15) is 11.6 Å². The third-order valence-electron chi connectivity index (χ3n) is 5.30. The number of carbonyl (C=O) groups is 1. The third kappa shape index (κ3) is 3.93. The van der Waals surface area contributed by atoms with Gasteiger partial charge < -0.3 is 14.4 Å². The lowest BCUT2D eigenvalue weighted by atomic mass is 10.2. The fraction of sp³-hybridized carbons (Fsp3) is 0.381. The van der Waals surface area contributed by atoms with E-state index in [4.69, 9.17) is 9.47 Å². The van der Waals surface area contributed by atoms with Gasteiger partial charge in [0.15, 0.2) is 12.3 Å². The molecule has 8 nitrogen and oxygen atoms in total. The van der Waals surface area contributed by atoms with Crippen molar-refractivity contribution in [3.05, 3.63) is 58.9 Å². The number of nitrogens with zero attached hydrogens (tertiary/aromatic N) is 4. The molecule has 158 valence electrons. The van der Waals surface area contributed by atoms with Crippen molar-refractivity contribution in [3.8, 4) is 5.75 Å². The van der Waals surface area contributed by atoms with Gasteiger partial charge in [-0.2, -0.15) is 0 Å². The van der Waals surface area contributed by atoms with E-state index < -0.39 is 0 Å². The molecule has 0 spiro atoms. The smallest absolute Gasteiger partial charge is 0.330 e. The summed E-state index contributed by atoms with van der Waals surface area (Å²) in [6.45, 7) is 1.65. The Labute approximate surface area is 172 Å². The van der Waals surface area contributed by atoms with E-state index in [1.807, 2.05) is 6.07 Å². The fourth-order valence-corrected chi connectivity index (χ4v) is 3.78. The quantitative estimate of drug-likeness (QED) is 0.590. The van der Waals surface area contributed by atoms with E-state index >= 15 is 0 Å². The molecule has 0 aliphatic carbocycles. The number of benzene rings is 1. The van der Waals surface area contributed by atoms with E-state index in [9.17, 15) is 14.0 Å². The first-order valence-electron chi connectivity index (χ1n) is 9.79. The Morgan fingerprint density at radius 1 is 1.27 bits per heavy atom. The molecular weight excluding hydrogens is 391 g/mol. The van der Waals surface area contributed by atoms with Crippen molar-refractivity contribution >= 4 is 17.1 Å². The van der Waals surface area contributed by atoms with Crippen molar-refractivity contribution in [1.29, 1.82) is 0 Å². The number of pyridine rings is 1. The van der Waals surface area contributed by atoms with Crippen molar-refractivity contribution in [2.24, 2.45) is 0 Å². The van der Waals surface area contributed by atoms with Crippen molar-refractivity contribution < 1.29 is 18.7 Å². The number of carbonyl (C=O) groups excluding carboxylic acids is 1. The number of fused-ring (bicyclic) bond motifs is 1. The number of methoxy groups -OCH3 is 1. The van der Waals surface area contributed by atoms with Crippen LogP contribution in [0.2, 0.25) is 0 Å². The lowest BCUT2D eigenvalue weighted by molar-refractivity contribution is -0.132. The van der Waals surface area contributed by atoms with E-state index in [0.717, 1.165) is 5.52 Å². The van der Waals surface area contributed by atoms with Crippen LogP contribution in [0.3, 0.4) is 0 Å². The minimum absolute atomic E-state index is 0.138. The number of hydrogen-bond acceptors (Lipinski definition) is 5. The highest BCUT2D eigenvalue weighted by molar-refractivity contribution is 5.78. The summed E-state index contributed by atoms with van der Waals surface area (Å²) < 4.78 is 26.9. The van der Waals surface area contributed by atoms with Gasteiger partial charge in [-0.3, -0.25) is 13.9 Å². The second-order valence-electron chi connectivity index (χ2n) is 7.17. The first-order chi connectivity index (χ1) is 14.6. The number of halogens is 1. The van der Waals surface area contributed by atoms with Crippen LogP contribution in [0.1, 0.15) is 12.5 Å². The Morgan fingerprint density at radius 2 is 2.07 bits per heavy atom. The van der Waals surface area contributed by atoms with Gasteiger partial charge in [-0.15, -0.1) is 0 Å². The molecule has 30 heavy (non-hydrogen) atoms. The maximum Gasteiger partial charge on any atom is 0.330 e. The fourth-order valence-electron chi connectivity index (χ4n) is 3.78. The molecule has 3 heterocycles. The third-order valence-corrected chi connectivity index (χ3v) is 5.30. The molecule has 0 saturated carbocycles. The van der Waals surface area contributed by atoms with Crippen molar-refractivity contribution in [2.75, 3.05) is 33.4 Å². The number of rotatable bonds is 7. The summed E-state index contributed by atoms with van der Waals surface area (Å²) in [5.41, 5.74) is 1.21. The Kier molecular flexibility index (Phi) is 5.80. The minimum atomic E-state index is -0.361. The summed E-state index contributed by atoms with van der Waals surface area (Å²) in [5, 5.41) is 0. The molecule has 1 aliphatic heterocycles. The molecule has 2 aromatic heterocycles. The van der Waals surface area contributed by atoms with Crippen molar-refractivity contribution in [1.82, 2.24) is 19.0 Å². The summed E-state index contributed by atoms with van der Waals surface area (Å²) in [4.78, 5) is 31.7. The Hall–Kier alpha value is -3.20. The van der Waals surface area contributed by atoms with Crippen LogP contribution in [-0.4, -0.2) is 58.3 Å². The van der Waals surface area contributed by atoms with E-state index in [2.05, 4.69) is 4.98 Å². The van der Waals surface area contributed by atoms with Crippen LogP contribution in [0.25, 0.3) is 11.2 Å². The molecule has 1 aromatic carbocycles. The zero-order chi connectivity index (χ0) is 21.1. The number of hydrogen-bond donors (Lipinski definition) is 0. The van der Waals surface area contributed by atoms with Crippen LogP contribution >= 0.6 is 0 Å². The number of ether oxygens (including phenoxy) is 2. The summed E-state index contributed by atoms with van der Waals surface area (Å²) >= 11 is 0. The zero-order valence-electron chi connectivity index (χ0n) is 16.7. The average Bonchev–Trinajstić information content (AvgIpc) is 3.34. The van der Waals surface area contributed by atoms with E-state index in [1.54, 1.807) is 33.4 Å². The van der Waals surface area contributed by atoms with Gasteiger partial charge in [0.05, 0.1) is 24.7 Å². The van der Waals surface area contributed by atoms with Gasteiger partial charge in [0, 0.05) is 26.4 Å². The molecule has 1 fully saturated rings. The van der Waals surface area contributed by atoms with Crippen molar-refractivity contribution in [2.45, 2.75) is 19.0 Å². The maximum absolute atomic E-state index is 13.1. The monoisotopic (exact) mass is 414 g/mol. The van der Waals surface area contributed by atoms with Gasteiger partial charge >= 0.3 is 5.69 Å². The number of likely N-dealkylation sites (tertiary alicyclic amines) is 1. The molecule has 1 aliphatic rings.